The van der Waals surface area contributed by atoms with Crippen molar-refractivity contribution in [1.29, 1.82) is 0 Å². The summed E-state index contributed by atoms with van der Waals surface area (Å²) in [7, 11) is 0. The summed E-state index contributed by atoms with van der Waals surface area (Å²) in [6.07, 6.45) is 2.19. The van der Waals surface area contributed by atoms with Gasteiger partial charge in [0.15, 0.2) is 0 Å². The Morgan fingerprint density at radius 3 is 3.00 bits per heavy atom. The predicted octanol–water partition coefficient (Wildman–Crippen LogP) is 3.09. The average molecular weight is 314 g/mol. The lowest BCUT2D eigenvalue weighted by Gasteiger charge is -2.10. The van der Waals surface area contributed by atoms with E-state index in [1.54, 1.807) is 11.8 Å². The molecule has 2 rings (SSSR count). The van der Waals surface area contributed by atoms with Gasteiger partial charge in [-0.05, 0) is 29.7 Å². The molecule has 1 saturated heterocycles. The van der Waals surface area contributed by atoms with E-state index in [0.29, 0.717) is 6.54 Å². The number of thioether (sulfide) groups is 1. The first kappa shape index (κ1) is 13.0. The molecule has 1 aliphatic rings. The highest BCUT2D eigenvalue weighted by Gasteiger charge is 2.22. The fourth-order valence-electron chi connectivity index (χ4n) is 1.91. The van der Waals surface area contributed by atoms with Crippen LogP contribution >= 0.6 is 27.7 Å². The zero-order valence-corrected chi connectivity index (χ0v) is 12.0. The Morgan fingerprint density at radius 2 is 2.29 bits per heavy atom. The minimum Gasteiger partial charge on any atom is -0.351 e. The molecule has 0 bridgehead atoms. The molecule has 2 nitrogen and oxygen atoms in total. The molecular formula is C13H16BrNOS. The summed E-state index contributed by atoms with van der Waals surface area (Å²) in [5.74, 6) is 1.31. The average Bonchev–Trinajstić information content (AvgIpc) is 2.90. The number of halogens is 1. The van der Waals surface area contributed by atoms with Crippen molar-refractivity contribution in [3.05, 3.63) is 35.4 Å². The maximum Gasteiger partial charge on any atom is 0.233 e. The topological polar surface area (TPSA) is 29.1 Å². The van der Waals surface area contributed by atoms with Gasteiger partial charge in [-0.15, -0.1) is 11.8 Å². The van der Waals surface area contributed by atoms with Gasteiger partial charge < -0.3 is 5.32 Å². The van der Waals surface area contributed by atoms with Gasteiger partial charge in [0.25, 0.3) is 0 Å². The van der Waals surface area contributed by atoms with Gasteiger partial charge in [0.1, 0.15) is 0 Å². The summed E-state index contributed by atoms with van der Waals surface area (Å²) in [6, 6.07) is 8.28. The van der Waals surface area contributed by atoms with Gasteiger partial charge in [0, 0.05) is 11.9 Å². The Hall–Kier alpha value is -0.480. The van der Waals surface area contributed by atoms with Crippen LogP contribution in [0.3, 0.4) is 0 Å². The van der Waals surface area contributed by atoms with Crippen LogP contribution in [0.5, 0.6) is 0 Å². The van der Waals surface area contributed by atoms with Crippen molar-refractivity contribution in [3.63, 3.8) is 0 Å². The Kier molecular flexibility index (Phi) is 4.92. The predicted molar refractivity (Wildman–Crippen MR) is 76.4 cm³/mol. The summed E-state index contributed by atoms with van der Waals surface area (Å²) in [4.78, 5) is 11.8. The second-order valence-electron chi connectivity index (χ2n) is 4.17. The fourth-order valence-corrected chi connectivity index (χ4v) is 3.44. The van der Waals surface area contributed by atoms with Gasteiger partial charge in [-0.25, -0.2) is 0 Å². The van der Waals surface area contributed by atoms with Gasteiger partial charge in [-0.2, -0.15) is 0 Å². The van der Waals surface area contributed by atoms with Crippen LogP contribution in [0.1, 0.15) is 24.0 Å². The van der Waals surface area contributed by atoms with Crippen LogP contribution in [0, 0.1) is 0 Å². The SMILES string of the molecule is O=C(NCc1cccc(CBr)c1)C1CCCS1. The lowest BCUT2D eigenvalue weighted by Crippen LogP contribution is -2.30. The van der Waals surface area contributed by atoms with E-state index in [4.69, 9.17) is 0 Å². The van der Waals surface area contributed by atoms with E-state index in [2.05, 4.69) is 33.4 Å². The highest BCUT2D eigenvalue weighted by molar-refractivity contribution is 9.08. The highest BCUT2D eigenvalue weighted by atomic mass is 79.9. The first-order chi connectivity index (χ1) is 8.29. The summed E-state index contributed by atoms with van der Waals surface area (Å²) in [5, 5.41) is 4.05. The summed E-state index contributed by atoms with van der Waals surface area (Å²) in [6.45, 7) is 0.636. The van der Waals surface area contributed by atoms with Crippen molar-refractivity contribution in [2.24, 2.45) is 0 Å². The number of carbonyl (C=O) groups is 1. The van der Waals surface area contributed by atoms with Gasteiger partial charge in [0.05, 0.1) is 5.25 Å². The molecule has 0 saturated carbocycles. The Labute approximate surface area is 115 Å². The summed E-state index contributed by atoms with van der Waals surface area (Å²) in [5.41, 5.74) is 2.41. The number of nitrogens with one attached hydrogen (secondary N) is 1. The number of hydrogen-bond donors (Lipinski definition) is 1. The molecule has 0 aliphatic carbocycles. The maximum absolute atomic E-state index is 11.8. The number of amides is 1. The van der Waals surface area contributed by atoms with E-state index in [1.807, 2.05) is 12.1 Å². The van der Waals surface area contributed by atoms with Crippen LogP contribution < -0.4 is 5.32 Å². The second kappa shape index (κ2) is 6.45. The van der Waals surface area contributed by atoms with E-state index >= 15 is 0 Å². The maximum atomic E-state index is 11.8. The van der Waals surface area contributed by atoms with E-state index in [1.165, 1.54) is 17.5 Å². The molecule has 0 radical (unpaired) electrons. The molecule has 4 heteroatoms. The molecule has 1 aromatic carbocycles. The summed E-state index contributed by atoms with van der Waals surface area (Å²) >= 11 is 5.21. The van der Waals surface area contributed by atoms with Crippen LogP contribution in [0.15, 0.2) is 24.3 Å². The van der Waals surface area contributed by atoms with Crippen LogP contribution in [0.2, 0.25) is 0 Å². The summed E-state index contributed by atoms with van der Waals surface area (Å²) < 4.78 is 0. The highest BCUT2D eigenvalue weighted by Crippen LogP contribution is 2.26. The molecule has 0 spiro atoms. The molecule has 1 fully saturated rings. The van der Waals surface area contributed by atoms with Gasteiger partial charge >= 0.3 is 0 Å². The van der Waals surface area contributed by atoms with E-state index < -0.39 is 0 Å². The monoisotopic (exact) mass is 313 g/mol. The van der Waals surface area contributed by atoms with Crippen molar-refractivity contribution >= 4 is 33.6 Å². The molecule has 1 N–H and O–H groups in total. The number of carbonyl (C=O) groups excluding carboxylic acids is 1. The van der Waals surface area contributed by atoms with Crippen molar-refractivity contribution in [1.82, 2.24) is 5.32 Å². The molecule has 1 amide bonds. The zero-order chi connectivity index (χ0) is 12.1. The number of benzene rings is 1. The van der Waals surface area contributed by atoms with E-state index in [0.717, 1.165) is 17.5 Å². The van der Waals surface area contributed by atoms with E-state index in [-0.39, 0.29) is 11.2 Å². The van der Waals surface area contributed by atoms with Crippen LogP contribution in [-0.4, -0.2) is 16.9 Å². The Morgan fingerprint density at radius 1 is 1.47 bits per heavy atom. The molecular weight excluding hydrogens is 298 g/mol. The quantitative estimate of drug-likeness (QED) is 0.865. The first-order valence-electron chi connectivity index (χ1n) is 5.82. The van der Waals surface area contributed by atoms with Crippen LogP contribution in [-0.2, 0) is 16.7 Å². The van der Waals surface area contributed by atoms with Crippen molar-refractivity contribution in [2.45, 2.75) is 30.0 Å². The number of rotatable bonds is 4. The molecule has 17 heavy (non-hydrogen) atoms. The number of hydrogen-bond acceptors (Lipinski definition) is 2. The molecule has 0 aromatic heterocycles. The fraction of sp³-hybridized carbons (Fsp3) is 0.462. The van der Waals surface area contributed by atoms with Crippen LogP contribution in [0.4, 0.5) is 0 Å². The largest absolute Gasteiger partial charge is 0.351 e. The Bertz CT molecular complexity index is 391. The first-order valence-corrected chi connectivity index (χ1v) is 7.99. The molecule has 1 atom stereocenters. The minimum absolute atomic E-state index is 0.175. The third-order valence-electron chi connectivity index (χ3n) is 2.83. The zero-order valence-electron chi connectivity index (χ0n) is 9.62. The van der Waals surface area contributed by atoms with Crippen molar-refractivity contribution in [2.75, 3.05) is 5.75 Å². The standard InChI is InChI=1S/C13H16BrNOS/c14-8-10-3-1-4-11(7-10)9-15-13(16)12-5-2-6-17-12/h1,3-4,7,12H,2,5-6,8-9H2,(H,15,16). The molecule has 92 valence electrons. The molecule has 1 aliphatic heterocycles. The third kappa shape index (κ3) is 3.75. The van der Waals surface area contributed by atoms with Crippen LogP contribution in [0.25, 0.3) is 0 Å². The van der Waals surface area contributed by atoms with Crippen molar-refractivity contribution in [3.8, 4) is 0 Å². The smallest absolute Gasteiger partial charge is 0.233 e. The third-order valence-corrected chi connectivity index (χ3v) is 4.86. The van der Waals surface area contributed by atoms with Gasteiger partial charge in [-0.1, -0.05) is 40.2 Å². The second-order valence-corrected chi connectivity index (χ2v) is 6.04. The Balaban J connectivity index is 1.86. The number of alkyl halides is 1. The normalized spacial score (nSPS) is 19.2. The molecule has 1 aromatic rings. The minimum atomic E-state index is 0.175. The lowest BCUT2D eigenvalue weighted by molar-refractivity contribution is -0.120. The molecule has 1 heterocycles. The van der Waals surface area contributed by atoms with Gasteiger partial charge in [-0.3, -0.25) is 4.79 Å². The molecule has 1 unspecified atom stereocenters. The van der Waals surface area contributed by atoms with Gasteiger partial charge in [0.2, 0.25) is 5.91 Å². The van der Waals surface area contributed by atoms with E-state index in [9.17, 15) is 4.79 Å². The lowest BCUT2D eigenvalue weighted by atomic mass is 10.1. The van der Waals surface area contributed by atoms with Crippen molar-refractivity contribution < 1.29 is 4.79 Å².